The average molecular weight is 908 g/mol. The zero-order chi connectivity index (χ0) is 46.8. The molecule has 0 radical (unpaired) electrons. The molecule has 8 nitrogen and oxygen atoms in total. The maximum Gasteiger partial charge on any atom is 0.0558 e. The van der Waals surface area contributed by atoms with Crippen LogP contribution in [0.5, 0.6) is 0 Å². The first-order valence-corrected chi connectivity index (χ1v) is 28.1. The Labute approximate surface area is 400 Å². The first-order valence-electron chi connectivity index (χ1n) is 28.1. The first-order chi connectivity index (χ1) is 31.4. The molecule has 64 heavy (non-hydrogen) atoms. The number of hydrogen-bond donors (Lipinski definition) is 4. The minimum atomic E-state index is 0.138. The molecule has 0 aromatic heterocycles. The summed E-state index contributed by atoms with van der Waals surface area (Å²) >= 11 is 0. The molecule has 0 saturated heterocycles. The molecule has 0 spiro atoms. The van der Waals surface area contributed by atoms with Gasteiger partial charge in [-0.15, -0.1) is 0 Å². The molecule has 0 bridgehead atoms. The Kier molecular flexibility index (Phi) is 50.9. The predicted molar refractivity (Wildman–Crippen MR) is 281 cm³/mol. The van der Waals surface area contributed by atoms with Crippen LogP contribution in [0.15, 0.2) is 24.3 Å². The van der Waals surface area contributed by atoms with Crippen molar-refractivity contribution >= 4 is 0 Å². The smallest absolute Gasteiger partial charge is 0.0558 e. The summed E-state index contributed by atoms with van der Waals surface area (Å²) in [6.07, 6.45) is 49.6. The number of unbranched alkanes of at least 4 members (excludes halogenated alkanes) is 25. The maximum absolute atomic E-state index is 9.60. The Balaban J connectivity index is 4.92. The monoisotopic (exact) mass is 907 g/mol. The number of nitrogens with zero attached hydrogens (tertiary/aromatic N) is 4. The van der Waals surface area contributed by atoms with E-state index in [9.17, 15) is 20.4 Å². The first kappa shape index (κ1) is 63.2. The second-order valence-corrected chi connectivity index (χ2v) is 19.9. The van der Waals surface area contributed by atoms with Gasteiger partial charge in [-0.05, 0) is 115 Å². The lowest BCUT2D eigenvalue weighted by atomic mass is 10.1. The van der Waals surface area contributed by atoms with Crippen molar-refractivity contribution in [3.63, 3.8) is 0 Å². The van der Waals surface area contributed by atoms with Crippen molar-refractivity contribution in [2.24, 2.45) is 11.8 Å². The van der Waals surface area contributed by atoms with Crippen LogP contribution in [-0.4, -0.2) is 145 Å². The van der Waals surface area contributed by atoms with Crippen LogP contribution >= 0.6 is 0 Å². The molecule has 0 aliphatic heterocycles. The zero-order valence-corrected chi connectivity index (χ0v) is 43.6. The molecule has 0 saturated carbocycles. The molecule has 4 N–H and O–H groups in total. The molecule has 0 amide bonds. The van der Waals surface area contributed by atoms with Crippen molar-refractivity contribution in [1.82, 2.24) is 19.6 Å². The Bertz CT molecular complexity index is 868. The standard InChI is InChI=1S/C56H114N4O4/c1-5-7-9-11-13-15-17-19-21-23-25-27-29-31-33-35-39-57(51-55(3)53-59(43-47-61)44-48-62)41-37-38-42-58(52-56(4)54-60(45-49-63)46-50-64)40-36-34-32-30-28-26-24-22-20-18-16-14-12-10-8-6-2/h19-22,55-56,61-64H,5-18,23-54H2,1-4H3. The van der Waals surface area contributed by atoms with Gasteiger partial charge in [-0.1, -0.05) is 168 Å². The minimum Gasteiger partial charge on any atom is -0.395 e. The Hall–Kier alpha value is -0.840. The third kappa shape index (κ3) is 45.0. The highest BCUT2D eigenvalue weighted by atomic mass is 16.3. The summed E-state index contributed by atoms with van der Waals surface area (Å²) in [6, 6.07) is 0. The van der Waals surface area contributed by atoms with Gasteiger partial charge in [0.2, 0.25) is 0 Å². The molecule has 0 aromatic rings. The van der Waals surface area contributed by atoms with Gasteiger partial charge < -0.3 is 30.2 Å². The molecule has 2 unspecified atom stereocenters. The second-order valence-electron chi connectivity index (χ2n) is 19.9. The van der Waals surface area contributed by atoms with E-state index in [-0.39, 0.29) is 26.4 Å². The molecular formula is C56H114N4O4. The highest BCUT2D eigenvalue weighted by Crippen LogP contribution is 2.15. The summed E-state index contributed by atoms with van der Waals surface area (Å²) in [6.45, 7) is 20.9. The van der Waals surface area contributed by atoms with Crippen LogP contribution in [0.25, 0.3) is 0 Å². The van der Waals surface area contributed by atoms with E-state index < -0.39 is 0 Å². The molecular weight excluding hydrogens is 793 g/mol. The SMILES string of the molecule is CCCCCCCCC=CCCCCCCCCN(CCCCN(CCCCCCCCC=CCCCCCCCC)CC(C)CN(CCO)CCO)CC(C)CN(CCO)CCO. The highest BCUT2D eigenvalue weighted by molar-refractivity contribution is 4.82. The van der Waals surface area contributed by atoms with Crippen LogP contribution < -0.4 is 0 Å². The summed E-state index contributed by atoms with van der Waals surface area (Å²) < 4.78 is 0. The minimum absolute atomic E-state index is 0.138. The number of aliphatic hydroxyl groups is 4. The van der Waals surface area contributed by atoms with Crippen LogP contribution in [0.3, 0.4) is 0 Å². The lowest BCUT2D eigenvalue weighted by Gasteiger charge is -2.31. The van der Waals surface area contributed by atoms with E-state index in [1.807, 2.05) is 0 Å². The van der Waals surface area contributed by atoms with E-state index in [1.54, 1.807) is 0 Å². The van der Waals surface area contributed by atoms with Gasteiger partial charge in [-0.25, -0.2) is 0 Å². The van der Waals surface area contributed by atoms with Gasteiger partial charge in [0.1, 0.15) is 0 Å². The molecule has 0 aliphatic carbocycles. The van der Waals surface area contributed by atoms with Crippen molar-refractivity contribution in [3.05, 3.63) is 24.3 Å². The third-order valence-electron chi connectivity index (χ3n) is 13.1. The van der Waals surface area contributed by atoms with Gasteiger partial charge in [0, 0.05) is 52.4 Å². The fourth-order valence-corrected chi connectivity index (χ4v) is 9.46. The number of hydrogen-bond acceptors (Lipinski definition) is 8. The second kappa shape index (κ2) is 51.5. The van der Waals surface area contributed by atoms with Crippen LogP contribution in [0.4, 0.5) is 0 Å². The zero-order valence-electron chi connectivity index (χ0n) is 43.6. The highest BCUT2D eigenvalue weighted by Gasteiger charge is 2.17. The average Bonchev–Trinajstić information content (AvgIpc) is 3.27. The summed E-state index contributed by atoms with van der Waals surface area (Å²) in [5, 5.41) is 38.4. The van der Waals surface area contributed by atoms with Gasteiger partial charge in [0.15, 0.2) is 0 Å². The quantitative estimate of drug-likeness (QED) is 0.0354. The van der Waals surface area contributed by atoms with E-state index >= 15 is 0 Å². The van der Waals surface area contributed by atoms with E-state index in [0.717, 1.165) is 52.4 Å². The maximum atomic E-state index is 9.60. The lowest BCUT2D eigenvalue weighted by Crippen LogP contribution is -2.39. The largest absolute Gasteiger partial charge is 0.395 e. The van der Waals surface area contributed by atoms with E-state index in [2.05, 4.69) is 71.6 Å². The number of rotatable bonds is 53. The van der Waals surface area contributed by atoms with Crippen LogP contribution in [-0.2, 0) is 0 Å². The van der Waals surface area contributed by atoms with Gasteiger partial charge in [0.05, 0.1) is 26.4 Å². The number of allylic oxidation sites excluding steroid dienone is 4. The van der Waals surface area contributed by atoms with Crippen LogP contribution in [0.1, 0.15) is 220 Å². The third-order valence-corrected chi connectivity index (χ3v) is 13.1. The summed E-state index contributed by atoms with van der Waals surface area (Å²) in [5.41, 5.74) is 0. The normalized spacial score (nSPS) is 13.4. The topological polar surface area (TPSA) is 93.9 Å². The van der Waals surface area contributed by atoms with Crippen LogP contribution in [0, 0.1) is 11.8 Å². The Morgan fingerprint density at radius 2 is 0.484 bits per heavy atom. The van der Waals surface area contributed by atoms with Crippen molar-refractivity contribution in [3.8, 4) is 0 Å². The predicted octanol–water partition coefficient (Wildman–Crippen LogP) is 12.3. The summed E-state index contributed by atoms with van der Waals surface area (Å²) in [5.74, 6) is 0.966. The molecule has 0 rings (SSSR count). The van der Waals surface area contributed by atoms with Gasteiger partial charge in [0.25, 0.3) is 0 Å². The van der Waals surface area contributed by atoms with E-state index in [4.69, 9.17) is 0 Å². The fourth-order valence-electron chi connectivity index (χ4n) is 9.46. The van der Waals surface area contributed by atoms with Crippen molar-refractivity contribution < 1.29 is 20.4 Å². The van der Waals surface area contributed by atoms with Gasteiger partial charge in [-0.2, -0.15) is 0 Å². The van der Waals surface area contributed by atoms with E-state index in [0.29, 0.717) is 38.0 Å². The Morgan fingerprint density at radius 1 is 0.281 bits per heavy atom. The fraction of sp³-hybridized carbons (Fsp3) is 0.929. The molecule has 0 aromatic carbocycles. The lowest BCUT2D eigenvalue weighted by molar-refractivity contribution is 0.127. The molecule has 0 heterocycles. The number of aliphatic hydroxyl groups excluding tert-OH is 4. The van der Waals surface area contributed by atoms with E-state index in [1.165, 1.54) is 193 Å². The molecule has 0 aliphatic rings. The molecule has 0 fully saturated rings. The van der Waals surface area contributed by atoms with Gasteiger partial charge >= 0.3 is 0 Å². The van der Waals surface area contributed by atoms with Gasteiger partial charge in [-0.3, -0.25) is 9.80 Å². The summed E-state index contributed by atoms with van der Waals surface area (Å²) in [7, 11) is 0. The molecule has 8 heteroatoms. The van der Waals surface area contributed by atoms with Crippen molar-refractivity contribution in [2.75, 3.05) is 105 Å². The van der Waals surface area contributed by atoms with Crippen molar-refractivity contribution in [1.29, 1.82) is 0 Å². The Morgan fingerprint density at radius 3 is 0.734 bits per heavy atom. The summed E-state index contributed by atoms with van der Waals surface area (Å²) in [4.78, 5) is 9.86. The molecule has 382 valence electrons. The van der Waals surface area contributed by atoms with Crippen LogP contribution in [0.2, 0.25) is 0 Å². The van der Waals surface area contributed by atoms with Crippen molar-refractivity contribution in [2.45, 2.75) is 220 Å². The molecule has 2 atom stereocenters.